The van der Waals surface area contributed by atoms with E-state index in [4.69, 9.17) is 5.26 Å². The maximum atomic E-state index is 11.3. The van der Waals surface area contributed by atoms with E-state index in [1.165, 1.54) is 0 Å². The molecule has 0 aliphatic carbocycles. The summed E-state index contributed by atoms with van der Waals surface area (Å²) in [4.78, 5) is 11.3. The number of carboxylic acids is 1. The van der Waals surface area contributed by atoms with E-state index in [1.807, 2.05) is 38.1 Å². The molecular formula is C16H16N2O2. The zero-order valence-corrected chi connectivity index (χ0v) is 11.4. The zero-order valence-electron chi connectivity index (χ0n) is 11.4. The summed E-state index contributed by atoms with van der Waals surface area (Å²) < 4.78 is 0. The Labute approximate surface area is 117 Å². The van der Waals surface area contributed by atoms with Crippen molar-refractivity contribution in [3.05, 3.63) is 42.0 Å². The van der Waals surface area contributed by atoms with E-state index in [0.717, 1.165) is 16.5 Å². The van der Waals surface area contributed by atoms with Gasteiger partial charge in [-0.1, -0.05) is 38.1 Å². The number of hydrogen-bond donors (Lipinski definition) is 2. The second-order valence-electron chi connectivity index (χ2n) is 5.02. The summed E-state index contributed by atoms with van der Waals surface area (Å²) in [6, 6.07) is 12.5. The second kappa shape index (κ2) is 5.62. The molecule has 4 heteroatoms. The summed E-state index contributed by atoms with van der Waals surface area (Å²) in [7, 11) is 0. The number of fused-ring (bicyclic) bond motifs is 1. The molecule has 0 heterocycles. The number of carboxylic acid groups (broad SMARTS) is 1. The molecule has 4 nitrogen and oxygen atoms in total. The Hall–Kier alpha value is -2.54. The molecule has 2 rings (SSSR count). The van der Waals surface area contributed by atoms with Gasteiger partial charge in [-0.25, -0.2) is 4.79 Å². The minimum atomic E-state index is -0.881. The molecule has 102 valence electrons. The largest absolute Gasteiger partial charge is 0.480 e. The van der Waals surface area contributed by atoms with Crippen LogP contribution in [0.3, 0.4) is 0 Å². The first-order valence-corrected chi connectivity index (χ1v) is 6.45. The average molecular weight is 268 g/mol. The Kier molecular flexibility index (Phi) is 3.90. The summed E-state index contributed by atoms with van der Waals surface area (Å²) in [5, 5.41) is 23.1. The number of rotatable bonds is 4. The average Bonchev–Trinajstić information content (AvgIpc) is 2.43. The Morgan fingerprint density at radius 1 is 1.20 bits per heavy atom. The molecule has 2 aromatic rings. The third-order valence-electron chi connectivity index (χ3n) is 3.29. The predicted molar refractivity (Wildman–Crippen MR) is 78.5 cm³/mol. The monoisotopic (exact) mass is 268 g/mol. The molecule has 0 bridgehead atoms. The fourth-order valence-electron chi connectivity index (χ4n) is 2.20. The van der Waals surface area contributed by atoms with Crippen LogP contribution in [0.15, 0.2) is 36.4 Å². The summed E-state index contributed by atoms with van der Waals surface area (Å²) in [6.45, 7) is 3.72. The van der Waals surface area contributed by atoms with Gasteiger partial charge in [0.25, 0.3) is 0 Å². The Morgan fingerprint density at radius 2 is 1.85 bits per heavy atom. The molecule has 0 saturated carbocycles. The van der Waals surface area contributed by atoms with Crippen molar-refractivity contribution in [1.82, 2.24) is 0 Å². The Balaban J connectivity index is 2.51. The van der Waals surface area contributed by atoms with Gasteiger partial charge in [-0.05, 0) is 18.1 Å². The molecule has 0 fully saturated rings. The Bertz CT molecular complexity index is 686. The van der Waals surface area contributed by atoms with Crippen LogP contribution in [0, 0.1) is 17.2 Å². The van der Waals surface area contributed by atoms with Gasteiger partial charge in [0.1, 0.15) is 6.04 Å². The molecule has 0 aliphatic rings. The highest BCUT2D eigenvalue weighted by molar-refractivity contribution is 5.98. The van der Waals surface area contributed by atoms with E-state index in [9.17, 15) is 9.90 Å². The molecule has 0 amide bonds. The van der Waals surface area contributed by atoms with Gasteiger partial charge in [0.2, 0.25) is 0 Å². The molecule has 2 aromatic carbocycles. The SMILES string of the molecule is CC(C)C(Nc1ccc(C#N)c2ccccc12)C(=O)O. The van der Waals surface area contributed by atoms with Crippen molar-refractivity contribution >= 4 is 22.4 Å². The molecule has 0 aliphatic heterocycles. The molecule has 1 atom stereocenters. The van der Waals surface area contributed by atoms with Crippen molar-refractivity contribution in [3.8, 4) is 6.07 Å². The second-order valence-corrected chi connectivity index (χ2v) is 5.02. The first-order chi connectivity index (χ1) is 9.54. The highest BCUT2D eigenvalue weighted by atomic mass is 16.4. The maximum Gasteiger partial charge on any atom is 0.326 e. The van der Waals surface area contributed by atoms with E-state index < -0.39 is 12.0 Å². The van der Waals surface area contributed by atoms with Gasteiger partial charge in [0, 0.05) is 16.5 Å². The summed E-state index contributed by atoms with van der Waals surface area (Å²) in [6.07, 6.45) is 0. The van der Waals surface area contributed by atoms with Crippen LogP contribution >= 0.6 is 0 Å². The first-order valence-electron chi connectivity index (χ1n) is 6.45. The molecule has 1 unspecified atom stereocenters. The fraction of sp³-hybridized carbons (Fsp3) is 0.250. The van der Waals surface area contributed by atoms with Crippen molar-refractivity contribution in [1.29, 1.82) is 5.26 Å². The van der Waals surface area contributed by atoms with Gasteiger partial charge in [-0.15, -0.1) is 0 Å². The number of hydrogen-bond acceptors (Lipinski definition) is 3. The van der Waals surface area contributed by atoms with Crippen LogP contribution in [0.1, 0.15) is 19.4 Å². The van der Waals surface area contributed by atoms with Gasteiger partial charge in [0.05, 0.1) is 11.6 Å². The fourth-order valence-corrected chi connectivity index (χ4v) is 2.20. The quantitative estimate of drug-likeness (QED) is 0.892. The standard InChI is InChI=1S/C16H16N2O2/c1-10(2)15(16(19)20)18-14-8-7-11(9-17)12-5-3-4-6-13(12)14/h3-8,10,15,18H,1-2H3,(H,19,20). The van der Waals surface area contributed by atoms with Gasteiger partial charge in [-0.2, -0.15) is 5.26 Å². The van der Waals surface area contributed by atoms with Gasteiger partial charge >= 0.3 is 5.97 Å². The lowest BCUT2D eigenvalue weighted by Gasteiger charge is -2.20. The number of benzene rings is 2. The topological polar surface area (TPSA) is 73.1 Å². The lowest BCUT2D eigenvalue weighted by molar-refractivity contribution is -0.138. The predicted octanol–water partition coefficient (Wildman–Crippen LogP) is 3.23. The number of nitrogens with zero attached hydrogens (tertiary/aromatic N) is 1. The van der Waals surface area contributed by atoms with Crippen molar-refractivity contribution < 1.29 is 9.90 Å². The van der Waals surface area contributed by atoms with Crippen LogP contribution in [-0.2, 0) is 4.79 Å². The van der Waals surface area contributed by atoms with Crippen LogP contribution in [0.2, 0.25) is 0 Å². The van der Waals surface area contributed by atoms with Crippen LogP contribution < -0.4 is 5.32 Å². The normalized spacial score (nSPS) is 12.1. The van der Waals surface area contributed by atoms with Gasteiger partial charge in [0.15, 0.2) is 0 Å². The van der Waals surface area contributed by atoms with E-state index in [0.29, 0.717) is 5.56 Å². The van der Waals surface area contributed by atoms with Crippen LogP contribution in [0.4, 0.5) is 5.69 Å². The molecule has 20 heavy (non-hydrogen) atoms. The maximum absolute atomic E-state index is 11.3. The number of anilines is 1. The lowest BCUT2D eigenvalue weighted by atomic mass is 10.0. The highest BCUT2D eigenvalue weighted by Crippen LogP contribution is 2.27. The third-order valence-corrected chi connectivity index (χ3v) is 3.29. The first kappa shape index (κ1) is 13.9. The molecule has 0 spiro atoms. The third kappa shape index (κ3) is 2.57. The van der Waals surface area contributed by atoms with Crippen molar-refractivity contribution in [2.24, 2.45) is 5.92 Å². The molecule has 0 aromatic heterocycles. The molecule has 0 saturated heterocycles. The summed E-state index contributed by atoms with van der Waals surface area (Å²) in [5.74, 6) is -0.921. The van der Waals surface area contributed by atoms with Crippen molar-refractivity contribution in [2.45, 2.75) is 19.9 Å². The number of nitriles is 1. The molecule has 0 radical (unpaired) electrons. The van der Waals surface area contributed by atoms with E-state index in [2.05, 4.69) is 11.4 Å². The summed E-state index contributed by atoms with van der Waals surface area (Å²) in [5.41, 5.74) is 1.32. The van der Waals surface area contributed by atoms with Crippen molar-refractivity contribution in [2.75, 3.05) is 5.32 Å². The Morgan fingerprint density at radius 3 is 2.40 bits per heavy atom. The zero-order chi connectivity index (χ0) is 14.7. The highest BCUT2D eigenvalue weighted by Gasteiger charge is 2.21. The van der Waals surface area contributed by atoms with Crippen LogP contribution in [0.25, 0.3) is 10.8 Å². The minimum Gasteiger partial charge on any atom is -0.480 e. The minimum absolute atomic E-state index is 0.0399. The van der Waals surface area contributed by atoms with E-state index in [-0.39, 0.29) is 5.92 Å². The molecule has 2 N–H and O–H groups in total. The van der Waals surface area contributed by atoms with E-state index >= 15 is 0 Å². The number of carbonyl (C=O) groups is 1. The van der Waals surface area contributed by atoms with Gasteiger partial charge in [-0.3, -0.25) is 0 Å². The summed E-state index contributed by atoms with van der Waals surface area (Å²) >= 11 is 0. The van der Waals surface area contributed by atoms with Crippen LogP contribution in [-0.4, -0.2) is 17.1 Å². The number of nitrogens with one attached hydrogen (secondary N) is 1. The smallest absolute Gasteiger partial charge is 0.326 e. The van der Waals surface area contributed by atoms with Crippen molar-refractivity contribution in [3.63, 3.8) is 0 Å². The lowest BCUT2D eigenvalue weighted by Crippen LogP contribution is -2.34. The van der Waals surface area contributed by atoms with Gasteiger partial charge < -0.3 is 10.4 Å². The van der Waals surface area contributed by atoms with E-state index in [1.54, 1.807) is 12.1 Å². The molecular weight excluding hydrogens is 252 g/mol. The number of aliphatic carboxylic acids is 1. The van der Waals surface area contributed by atoms with Crippen LogP contribution in [0.5, 0.6) is 0 Å².